The maximum Gasteiger partial charge on any atom is 0.321 e. The van der Waals surface area contributed by atoms with E-state index in [2.05, 4.69) is 15.5 Å². The molecule has 0 radical (unpaired) electrons. The number of anilines is 1. The summed E-state index contributed by atoms with van der Waals surface area (Å²) in [6.07, 6.45) is 0.496. The van der Waals surface area contributed by atoms with E-state index in [-0.39, 0.29) is 6.03 Å². The molecule has 128 valence electrons. The van der Waals surface area contributed by atoms with Crippen molar-refractivity contribution in [1.82, 2.24) is 15.0 Å². The molecular formula is C18H17ClN4O2. The first-order chi connectivity index (χ1) is 12.1. The molecule has 0 aliphatic carbocycles. The number of benzene rings is 2. The number of hydrogen-bond acceptors (Lipinski definition) is 4. The largest absolute Gasteiger partial charge is 0.334 e. The van der Waals surface area contributed by atoms with Gasteiger partial charge < -0.3 is 14.7 Å². The molecule has 0 saturated carbocycles. The fraction of sp³-hybridized carbons (Fsp3) is 0.167. The molecule has 0 unspecified atom stereocenters. The quantitative estimate of drug-likeness (QED) is 0.747. The molecule has 3 rings (SSSR count). The first-order valence-corrected chi connectivity index (χ1v) is 8.15. The van der Waals surface area contributed by atoms with Crippen LogP contribution in [0.4, 0.5) is 10.5 Å². The molecule has 0 spiro atoms. The number of rotatable bonds is 5. The predicted octanol–water partition coefficient (Wildman–Crippen LogP) is 4.10. The number of likely N-dealkylation sites (N-methyl/N-ethyl adjacent to an activating group) is 1. The van der Waals surface area contributed by atoms with E-state index in [4.69, 9.17) is 16.1 Å². The summed E-state index contributed by atoms with van der Waals surface area (Å²) in [6, 6.07) is 16.3. The van der Waals surface area contributed by atoms with Crippen molar-refractivity contribution in [1.29, 1.82) is 0 Å². The zero-order chi connectivity index (χ0) is 17.6. The molecule has 0 aliphatic heterocycles. The molecule has 6 nitrogen and oxygen atoms in total. The minimum atomic E-state index is -0.187. The van der Waals surface area contributed by atoms with Gasteiger partial charge in [0.05, 0.1) is 0 Å². The second kappa shape index (κ2) is 7.81. The van der Waals surface area contributed by atoms with Gasteiger partial charge in [-0.25, -0.2) is 4.79 Å². The van der Waals surface area contributed by atoms with Crippen molar-refractivity contribution in [2.75, 3.05) is 18.9 Å². The van der Waals surface area contributed by atoms with Gasteiger partial charge in [-0.3, -0.25) is 0 Å². The summed E-state index contributed by atoms with van der Waals surface area (Å²) < 4.78 is 5.26. The molecule has 1 aromatic heterocycles. The Morgan fingerprint density at radius 1 is 1.16 bits per heavy atom. The van der Waals surface area contributed by atoms with E-state index in [9.17, 15) is 4.79 Å². The second-order valence-electron chi connectivity index (χ2n) is 5.49. The second-order valence-corrected chi connectivity index (χ2v) is 5.93. The smallest absolute Gasteiger partial charge is 0.321 e. The van der Waals surface area contributed by atoms with Gasteiger partial charge in [-0.2, -0.15) is 4.98 Å². The van der Waals surface area contributed by atoms with Gasteiger partial charge >= 0.3 is 6.03 Å². The standard InChI is InChI=1S/C18H17ClN4O2/c1-23(18(24)20-15-5-3-2-4-6-15)12-11-16-21-17(25-22-16)13-7-9-14(19)10-8-13/h2-10H,11-12H2,1H3,(H,20,24). The lowest BCUT2D eigenvalue weighted by Gasteiger charge is -2.16. The van der Waals surface area contributed by atoms with Crippen LogP contribution in [-0.4, -0.2) is 34.7 Å². The van der Waals surface area contributed by atoms with Gasteiger partial charge in [0, 0.05) is 36.3 Å². The fourth-order valence-electron chi connectivity index (χ4n) is 2.17. The van der Waals surface area contributed by atoms with E-state index >= 15 is 0 Å². The third-order valence-electron chi connectivity index (χ3n) is 3.60. The van der Waals surface area contributed by atoms with Crippen molar-refractivity contribution in [3.8, 4) is 11.5 Å². The third-order valence-corrected chi connectivity index (χ3v) is 3.85. The molecule has 0 aliphatic rings. The minimum absolute atomic E-state index is 0.187. The molecule has 2 aromatic carbocycles. The Labute approximate surface area is 150 Å². The van der Waals surface area contributed by atoms with Crippen molar-refractivity contribution >= 4 is 23.3 Å². The van der Waals surface area contributed by atoms with Crippen LogP contribution in [0.1, 0.15) is 5.82 Å². The van der Waals surface area contributed by atoms with Crippen molar-refractivity contribution in [3.05, 3.63) is 65.4 Å². The van der Waals surface area contributed by atoms with Crippen LogP contribution in [0.15, 0.2) is 59.1 Å². The first kappa shape index (κ1) is 17.0. The molecule has 1 N–H and O–H groups in total. The highest BCUT2D eigenvalue weighted by molar-refractivity contribution is 6.30. The monoisotopic (exact) mass is 356 g/mol. The number of aromatic nitrogens is 2. The minimum Gasteiger partial charge on any atom is -0.334 e. The number of amides is 2. The Kier molecular flexibility index (Phi) is 5.30. The topological polar surface area (TPSA) is 71.3 Å². The van der Waals surface area contributed by atoms with Crippen LogP contribution in [0.2, 0.25) is 5.02 Å². The normalized spacial score (nSPS) is 10.5. The predicted molar refractivity (Wildman–Crippen MR) is 96.5 cm³/mol. The van der Waals surface area contributed by atoms with E-state index in [1.54, 1.807) is 24.1 Å². The van der Waals surface area contributed by atoms with Crippen LogP contribution in [-0.2, 0) is 6.42 Å². The highest BCUT2D eigenvalue weighted by Gasteiger charge is 2.12. The number of nitrogens with one attached hydrogen (secondary N) is 1. The van der Waals surface area contributed by atoms with Crippen LogP contribution < -0.4 is 5.32 Å². The average Bonchev–Trinajstić information content (AvgIpc) is 3.10. The maximum atomic E-state index is 12.1. The number of hydrogen-bond donors (Lipinski definition) is 1. The summed E-state index contributed by atoms with van der Waals surface area (Å²) in [5.41, 5.74) is 1.56. The molecule has 0 saturated heterocycles. The lowest BCUT2D eigenvalue weighted by Crippen LogP contribution is -2.33. The fourth-order valence-corrected chi connectivity index (χ4v) is 2.30. The van der Waals surface area contributed by atoms with E-state index in [1.807, 2.05) is 42.5 Å². The molecule has 2 amide bonds. The third kappa shape index (κ3) is 4.58. The number of carbonyl (C=O) groups is 1. The van der Waals surface area contributed by atoms with E-state index in [0.717, 1.165) is 11.3 Å². The Morgan fingerprint density at radius 3 is 2.60 bits per heavy atom. The zero-order valence-electron chi connectivity index (χ0n) is 13.6. The van der Waals surface area contributed by atoms with Gasteiger partial charge in [0.15, 0.2) is 5.82 Å². The van der Waals surface area contributed by atoms with Crippen molar-refractivity contribution < 1.29 is 9.32 Å². The SMILES string of the molecule is CN(CCc1noc(-c2ccc(Cl)cc2)n1)C(=O)Nc1ccccc1. The van der Waals surface area contributed by atoms with Crippen LogP contribution in [0.25, 0.3) is 11.5 Å². The van der Waals surface area contributed by atoms with Gasteiger partial charge in [0.25, 0.3) is 5.89 Å². The Morgan fingerprint density at radius 2 is 1.88 bits per heavy atom. The van der Waals surface area contributed by atoms with Gasteiger partial charge in [0.2, 0.25) is 0 Å². The van der Waals surface area contributed by atoms with Gasteiger partial charge in [0.1, 0.15) is 0 Å². The molecule has 3 aromatic rings. The summed E-state index contributed by atoms with van der Waals surface area (Å²) in [7, 11) is 1.72. The molecule has 0 bridgehead atoms. The van der Waals surface area contributed by atoms with Crippen LogP contribution in [0, 0.1) is 0 Å². The summed E-state index contributed by atoms with van der Waals surface area (Å²) in [5, 5.41) is 7.43. The van der Waals surface area contributed by atoms with E-state index < -0.39 is 0 Å². The van der Waals surface area contributed by atoms with Gasteiger partial charge in [-0.05, 0) is 36.4 Å². The molecule has 0 fully saturated rings. The number of nitrogens with zero attached hydrogens (tertiary/aromatic N) is 3. The first-order valence-electron chi connectivity index (χ1n) is 7.77. The maximum absolute atomic E-state index is 12.1. The van der Waals surface area contributed by atoms with Crippen molar-refractivity contribution in [2.24, 2.45) is 0 Å². The molecule has 7 heteroatoms. The van der Waals surface area contributed by atoms with Crippen LogP contribution in [0.5, 0.6) is 0 Å². The van der Waals surface area contributed by atoms with E-state index in [1.165, 1.54) is 0 Å². The average molecular weight is 357 g/mol. The number of carbonyl (C=O) groups excluding carboxylic acids is 1. The molecule has 0 atom stereocenters. The van der Waals surface area contributed by atoms with Crippen molar-refractivity contribution in [3.63, 3.8) is 0 Å². The van der Waals surface area contributed by atoms with Gasteiger partial charge in [-0.1, -0.05) is 35.0 Å². The molecule has 1 heterocycles. The Balaban J connectivity index is 1.54. The van der Waals surface area contributed by atoms with Crippen molar-refractivity contribution in [2.45, 2.75) is 6.42 Å². The summed E-state index contributed by atoms with van der Waals surface area (Å²) in [5.74, 6) is 0.979. The number of urea groups is 1. The van der Waals surface area contributed by atoms with Crippen LogP contribution in [0.3, 0.4) is 0 Å². The van der Waals surface area contributed by atoms with E-state index in [0.29, 0.717) is 29.7 Å². The molecule has 25 heavy (non-hydrogen) atoms. The summed E-state index contributed by atoms with van der Waals surface area (Å²) in [6.45, 7) is 0.470. The lowest BCUT2D eigenvalue weighted by atomic mass is 10.2. The van der Waals surface area contributed by atoms with Gasteiger partial charge in [-0.15, -0.1) is 0 Å². The zero-order valence-corrected chi connectivity index (χ0v) is 14.4. The summed E-state index contributed by atoms with van der Waals surface area (Å²) in [4.78, 5) is 18.1. The highest BCUT2D eigenvalue weighted by Crippen LogP contribution is 2.19. The number of halogens is 1. The summed E-state index contributed by atoms with van der Waals surface area (Å²) >= 11 is 5.87. The lowest BCUT2D eigenvalue weighted by molar-refractivity contribution is 0.222. The Hall–Kier alpha value is -2.86. The highest BCUT2D eigenvalue weighted by atomic mass is 35.5. The van der Waals surface area contributed by atoms with Crippen LogP contribution >= 0.6 is 11.6 Å². The number of para-hydroxylation sites is 1. The molecular weight excluding hydrogens is 340 g/mol. The Bertz CT molecular complexity index is 834.